The molecule has 15 heteroatoms. The van der Waals surface area contributed by atoms with Crippen LogP contribution in [-0.2, 0) is 46.7 Å². The summed E-state index contributed by atoms with van der Waals surface area (Å²) in [7, 11) is -1.82. The normalized spacial score (nSPS) is 19.7. The molecule has 4 aliphatic rings. The molecular weight excluding hydrogens is 948 g/mol. The number of carbonyl (C=O) groups excluding carboxylic acids is 4. The van der Waals surface area contributed by atoms with Gasteiger partial charge in [-0.2, -0.15) is 0 Å². The van der Waals surface area contributed by atoms with Crippen molar-refractivity contribution in [3.05, 3.63) is 190 Å². The quantitative estimate of drug-likeness (QED) is 0.0474. The number of ether oxygens (including phenoxy) is 4. The molecule has 0 aliphatic heterocycles. The molecule has 14 nitrogen and oxygen atoms in total. The molecule has 2 N–H and O–H groups in total. The van der Waals surface area contributed by atoms with E-state index >= 15 is 0 Å². The van der Waals surface area contributed by atoms with Gasteiger partial charge in [0.25, 0.3) is 0 Å². The first-order valence-corrected chi connectivity index (χ1v) is 26.2. The van der Waals surface area contributed by atoms with Gasteiger partial charge in [-0.15, -0.1) is 0 Å². The van der Waals surface area contributed by atoms with Crippen molar-refractivity contribution in [2.24, 2.45) is 11.8 Å². The summed E-state index contributed by atoms with van der Waals surface area (Å²) in [5, 5.41) is 5.63. The molecule has 0 aromatic heterocycles. The van der Waals surface area contributed by atoms with Crippen LogP contribution in [0.1, 0.15) is 100 Å². The molecule has 0 spiro atoms. The Kier molecular flexibility index (Phi) is 14.6. The third-order valence-electron chi connectivity index (χ3n) is 14.8. The standard InChI is InChI=1S/C58H57N2O12P/c1-4-70-73(65,71-53-29-47(43-25-13-15-27-45(43)53)49(55(61)66-2)31-59-57(63)68-33-51-39-21-9-5-17-35(39)36-18-6-10-22-40(36)51)72-54-30-48(44-26-14-16-28-46(44)54)50(56(62)67-3)32-60-58(64)69-34-52-41-23-11-7-19-37(41)38-20-8-12-24-42(38)52/h5-28,47-54H,4,29-34H2,1-3H3,(H,59,63)(H,60,64). The SMILES string of the molecule is CCOP(=O)(OC1CC(C(CNC(=O)OCC2c3ccccc3-c3ccccc32)C(=O)OC)c2ccccc21)OC1CC(C(CNC(=O)OCC2c3ccccc3-c3ccccc32)C(=O)OC)c2ccccc21. The van der Waals surface area contributed by atoms with Crippen LogP contribution < -0.4 is 10.6 Å². The molecule has 0 radical (unpaired) electrons. The summed E-state index contributed by atoms with van der Waals surface area (Å²) in [6.45, 7) is 1.66. The smallest absolute Gasteiger partial charge is 0.469 e. The molecule has 376 valence electrons. The van der Waals surface area contributed by atoms with Gasteiger partial charge in [0.2, 0.25) is 0 Å². The molecule has 6 aromatic carbocycles. The van der Waals surface area contributed by atoms with Crippen LogP contribution in [0.3, 0.4) is 0 Å². The number of hydrogen-bond acceptors (Lipinski definition) is 12. The fourth-order valence-electron chi connectivity index (χ4n) is 11.5. The van der Waals surface area contributed by atoms with E-state index < -0.39 is 67.8 Å². The number of fused-ring (bicyclic) bond motifs is 8. The van der Waals surface area contributed by atoms with Crippen molar-refractivity contribution in [3.63, 3.8) is 0 Å². The molecule has 6 atom stereocenters. The van der Waals surface area contributed by atoms with E-state index in [0.29, 0.717) is 11.1 Å². The summed E-state index contributed by atoms with van der Waals surface area (Å²) >= 11 is 0. The van der Waals surface area contributed by atoms with Crippen molar-refractivity contribution in [2.45, 2.75) is 55.6 Å². The lowest BCUT2D eigenvalue weighted by molar-refractivity contribution is -0.147. The molecule has 10 rings (SSSR count). The highest BCUT2D eigenvalue weighted by atomic mass is 31.2. The first-order valence-electron chi connectivity index (χ1n) is 24.7. The van der Waals surface area contributed by atoms with E-state index in [2.05, 4.69) is 34.9 Å². The minimum Gasteiger partial charge on any atom is -0.469 e. The van der Waals surface area contributed by atoms with Gasteiger partial charge in [-0.05, 0) is 86.5 Å². The number of benzene rings is 6. The summed E-state index contributed by atoms with van der Waals surface area (Å²) in [6.07, 6.45) is -2.69. The summed E-state index contributed by atoms with van der Waals surface area (Å²) < 4.78 is 56.0. The average Bonchev–Trinajstić information content (AvgIpc) is 4.15. The second-order valence-electron chi connectivity index (χ2n) is 18.7. The van der Waals surface area contributed by atoms with Gasteiger partial charge in [-0.25, -0.2) is 14.2 Å². The largest absolute Gasteiger partial charge is 0.475 e. The second kappa shape index (κ2) is 21.6. The maximum absolute atomic E-state index is 15.0. The Hall–Kier alpha value is -7.09. The predicted octanol–water partition coefficient (Wildman–Crippen LogP) is 11.3. The van der Waals surface area contributed by atoms with Gasteiger partial charge in [0, 0.05) is 36.8 Å². The lowest BCUT2D eigenvalue weighted by Gasteiger charge is -2.26. The van der Waals surface area contributed by atoms with Crippen molar-refractivity contribution in [1.29, 1.82) is 0 Å². The lowest BCUT2D eigenvalue weighted by atomic mass is 9.87. The Labute approximate surface area is 424 Å². The van der Waals surface area contributed by atoms with Gasteiger partial charge >= 0.3 is 31.9 Å². The van der Waals surface area contributed by atoms with Crippen LogP contribution in [0, 0.1) is 11.8 Å². The van der Waals surface area contributed by atoms with Crippen LogP contribution in [0.15, 0.2) is 146 Å². The van der Waals surface area contributed by atoms with Crippen molar-refractivity contribution in [1.82, 2.24) is 10.6 Å². The Balaban J connectivity index is 0.803. The monoisotopic (exact) mass is 1000 g/mol. The third kappa shape index (κ3) is 9.92. The molecule has 0 saturated heterocycles. The van der Waals surface area contributed by atoms with Crippen LogP contribution in [0.4, 0.5) is 9.59 Å². The van der Waals surface area contributed by atoms with Crippen LogP contribution >= 0.6 is 7.82 Å². The highest BCUT2D eigenvalue weighted by Gasteiger charge is 2.47. The summed E-state index contributed by atoms with van der Waals surface area (Å²) in [5.41, 5.74) is 11.6. The zero-order valence-corrected chi connectivity index (χ0v) is 41.7. The van der Waals surface area contributed by atoms with Crippen LogP contribution in [0.2, 0.25) is 0 Å². The maximum atomic E-state index is 15.0. The van der Waals surface area contributed by atoms with Gasteiger partial charge in [-0.3, -0.25) is 23.2 Å². The molecule has 0 saturated carbocycles. The predicted molar refractivity (Wildman–Crippen MR) is 272 cm³/mol. The van der Waals surface area contributed by atoms with Gasteiger partial charge in [0.05, 0.1) is 44.9 Å². The molecule has 0 bridgehead atoms. The zero-order valence-electron chi connectivity index (χ0n) is 40.8. The molecule has 73 heavy (non-hydrogen) atoms. The lowest BCUT2D eigenvalue weighted by Crippen LogP contribution is -2.37. The van der Waals surface area contributed by atoms with E-state index in [0.717, 1.165) is 55.6 Å². The molecule has 0 heterocycles. The number of esters is 2. The average molecular weight is 1010 g/mol. The zero-order chi connectivity index (χ0) is 50.6. The molecule has 0 fully saturated rings. The van der Waals surface area contributed by atoms with Gasteiger partial charge < -0.3 is 29.6 Å². The first-order chi connectivity index (χ1) is 35.6. The van der Waals surface area contributed by atoms with E-state index in [9.17, 15) is 23.7 Å². The number of alkyl carbamates (subject to hydrolysis) is 2. The molecule has 6 aromatic rings. The van der Waals surface area contributed by atoms with Gasteiger partial charge in [0.1, 0.15) is 13.2 Å². The van der Waals surface area contributed by atoms with Gasteiger partial charge in [-0.1, -0.05) is 146 Å². The van der Waals surface area contributed by atoms with Crippen LogP contribution in [0.25, 0.3) is 22.3 Å². The van der Waals surface area contributed by atoms with E-state index in [-0.39, 0.29) is 57.6 Å². The fraction of sp³-hybridized carbons (Fsp3) is 0.310. The molecule has 6 unspecified atom stereocenters. The summed E-state index contributed by atoms with van der Waals surface area (Å²) in [4.78, 5) is 53.9. The van der Waals surface area contributed by atoms with E-state index in [1.165, 1.54) is 14.2 Å². The van der Waals surface area contributed by atoms with Gasteiger partial charge in [0.15, 0.2) is 0 Å². The van der Waals surface area contributed by atoms with E-state index in [1.54, 1.807) is 6.92 Å². The summed E-state index contributed by atoms with van der Waals surface area (Å²) in [6, 6.07) is 47.1. The van der Waals surface area contributed by atoms with E-state index in [1.807, 2.05) is 121 Å². The topological polar surface area (TPSA) is 174 Å². The Morgan fingerprint density at radius 2 is 0.808 bits per heavy atom. The molecule has 2 amide bonds. The van der Waals surface area contributed by atoms with E-state index in [4.69, 9.17) is 32.5 Å². The Morgan fingerprint density at radius 3 is 1.14 bits per heavy atom. The molecule has 4 aliphatic carbocycles. The summed E-state index contributed by atoms with van der Waals surface area (Å²) in [5.74, 6) is -4.18. The number of carbonyl (C=O) groups is 4. The van der Waals surface area contributed by atoms with Crippen molar-refractivity contribution < 1.29 is 56.3 Å². The fourth-order valence-corrected chi connectivity index (χ4v) is 13.0. The third-order valence-corrected chi connectivity index (χ3v) is 16.4. The first kappa shape index (κ1) is 49.5. The van der Waals surface area contributed by atoms with Crippen molar-refractivity contribution in [2.75, 3.05) is 47.1 Å². The highest BCUT2D eigenvalue weighted by Crippen LogP contribution is 2.62. The minimum absolute atomic E-state index is 0.0173. The Bertz CT molecular complexity index is 2800. The second-order valence-corrected chi connectivity index (χ2v) is 20.2. The number of rotatable bonds is 18. The number of nitrogens with one attached hydrogen (secondary N) is 2. The van der Waals surface area contributed by atoms with Crippen LogP contribution in [-0.4, -0.2) is 71.3 Å². The molecular formula is C58H57N2O12P. The highest BCUT2D eigenvalue weighted by molar-refractivity contribution is 7.48. The number of phosphoric ester groups is 1. The number of methoxy groups -OCH3 is 2. The minimum atomic E-state index is -4.41. The van der Waals surface area contributed by atoms with Crippen molar-refractivity contribution in [3.8, 4) is 22.3 Å². The maximum Gasteiger partial charge on any atom is 0.475 e. The van der Waals surface area contributed by atoms with Crippen molar-refractivity contribution >= 4 is 31.9 Å². The Morgan fingerprint density at radius 1 is 0.493 bits per heavy atom. The van der Waals surface area contributed by atoms with Crippen LogP contribution in [0.5, 0.6) is 0 Å². The number of hydrogen-bond donors (Lipinski definition) is 2. The number of amides is 2. The number of phosphoric acid groups is 1.